The number of fused-ring (bicyclic) bond motifs is 5. The minimum absolute atomic E-state index is 0.0172. The molecule has 120 valence electrons. The third-order valence-corrected chi connectivity index (χ3v) is 6.76. The van der Waals surface area contributed by atoms with Crippen LogP contribution < -0.4 is 0 Å². The van der Waals surface area contributed by atoms with Crippen LogP contribution in [0.25, 0.3) is 0 Å². The maximum Gasteiger partial charge on any atom is 0.115 e. The van der Waals surface area contributed by atoms with Gasteiger partial charge in [-0.3, -0.25) is 0 Å². The Kier molecular flexibility index (Phi) is 3.28. The fourth-order valence-corrected chi connectivity index (χ4v) is 5.91. The molecule has 3 aliphatic carbocycles. The van der Waals surface area contributed by atoms with Crippen LogP contribution >= 0.6 is 0 Å². The van der Waals surface area contributed by atoms with Gasteiger partial charge in [0.1, 0.15) is 5.75 Å². The average Bonchev–Trinajstić information content (AvgIpc) is 2.76. The lowest BCUT2D eigenvalue weighted by Crippen LogP contribution is -2.44. The minimum Gasteiger partial charge on any atom is -0.508 e. The monoisotopic (exact) mass is 302 g/mol. The first-order valence-electron chi connectivity index (χ1n) is 8.56. The zero-order valence-corrected chi connectivity index (χ0v) is 13.5. The molecule has 2 saturated carbocycles. The number of rotatable bonds is 1. The summed E-state index contributed by atoms with van der Waals surface area (Å²) in [5.74, 6) is 1.99. The Balaban J connectivity index is 1.73. The second-order valence-corrected chi connectivity index (χ2v) is 7.88. The Hall–Kier alpha value is -1.06. The van der Waals surface area contributed by atoms with Gasteiger partial charge in [-0.1, -0.05) is 13.0 Å². The van der Waals surface area contributed by atoms with E-state index in [1.807, 2.05) is 12.1 Å². The normalized spacial score (nSPS) is 43.3. The molecule has 0 heterocycles. The van der Waals surface area contributed by atoms with E-state index in [1.165, 1.54) is 17.5 Å². The molecule has 0 spiro atoms. The largest absolute Gasteiger partial charge is 0.508 e. The number of aryl methyl sites for hydroxylation is 1. The molecule has 6 atom stereocenters. The van der Waals surface area contributed by atoms with Gasteiger partial charge < -0.3 is 14.9 Å². The number of aliphatic hydroxyl groups is 1. The molecule has 22 heavy (non-hydrogen) atoms. The molecule has 0 unspecified atom stereocenters. The number of methoxy groups -OCH3 is 1. The van der Waals surface area contributed by atoms with Crippen molar-refractivity contribution in [2.75, 3.05) is 7.11 Å². The molecule has 2 fully saturated rings. The number of phenols is 1. The van der Waals surface area contributed by atoms with Gasteiger partial charge in [-0.05, 0) is 78.5 Å². The number of phenolic OH excluding ortho intramolecular Hbond substituents is 1. The van der Waals surface area contributed by atoms with Crippen LogP contribution in [0, 0.1) is 17.3 Å². The van der Waals surface area contributed by atoms with Gasteiger partial charge in [-0.25, -0.2) is 0 Å². The molecule has 0 aromatic heterocycles. The molecule has 0 bridgehead atoms. The molecule has 2 N–H and O–H groups in total. The van der Waals surface area contributed by atoms with Crippen LogP contribution in [0.15, 0.2) is 18.2 Å². The summed E-state index contributed by atoms with van der Waals surface area (Å²) in [7, 11) is 1.75. The Morgan fingerprint density at radius 1 is 1.27 bits per heavy atom. The number of hydrogen-bond acceptors (Lipinski definition) is 3. The summed E-state index contributed by atoms with van der Waals surface area (Å²) in [6.07, 6.45) is 5.07. The molecule has 3 aliphatic rings. The highest BCUT2D eigenvalue weighted by atomic mass is 16.5. The highest BCUT2D eigenvalue weighted by Gasteiger charge is 2.57. The number of benzene rings is 1. The smallest absolute Gasteiger partial charge is 0.115 e. The van der Waals surface area contributed by atoms with Gasteiger partial charge in [-0.2, -0.15) is 0 Å². The van der Waals surface area contributed by atoms with E-state index >= 15 is 0 Å². The molecule has 1 aromatic carbocycles. The molecular formula is C19H26O3. The average molecular weight is 302 g/mol. The number of ether oxygens (including phenoxy) is 1. The maximum absolute atomic E-state index is 10.4. The first-order valence-corrected chi connectivity index (χ1v) is 8.56. The van der Waals surface area contributed by atoms with Crippen LogP contribution in [-0.2, 0) is 11.2 Å². The van der Waals surface area contributed by atoms with Crippen molar-refractivity contribution in [1.82, 2.24) is 0 Å². The first-order chi connectivity index (χ1) is 10.5. The Morgan fingerprint density at radius 3 is 2.86 bits per heavy atom. The predicted molar refractivity (Wildman–Crippen MR) is 84.9 cm³/mol. The van der Waals surface area contributed by atoms with Gasteiger partial charge in [0.2, 0.25) is 0 Å². The summed E-state index contributed by atoms with van der Waals surface area (Å²) in [5, 5.41) is 20.2. The molecular weight excluding hydrogens is 276 g/mol. The van der Waals surface area contributed by atoms with E-state index < -0.39 is 0 Å². The molecule has 3 heteroatoms. The standard InChI is InChI=1S/C19H26O3/c1-19-8-7-14-13-6-4-12(20)9-11(13)3-5-15(14)17(19)18(22-2)16(21)10-19/h4,6,9,14-18,20-21H,3,5,7-8,10H2,1-2H3/t14-,15-,16-,17-,18-,19-/m1/s1. The molecule has 0 radical (unpaired) electrons. The lowest BCUT2D eigenvalue weighted by Gasteiger charge is -2.50. The van der Waals surface area contributed by atoms with Gasteiger partial charge >= 0.3 is 0 Å². The summed E-state index contributed by atoms with van der Waals surface area (Å²) in [6, 6.07) is 5.89. The van der Waals surface area contributed by atoms with E-state index in [1.54, 1.807) is 7.11 Å². The summed E-state index contributed by atoms with van der Waals surface area (Å²) in [4.78, 5) is 0. The Bertz CT molecular complexity index is 584. The number of aliphatic hydroxyl groups excluding tert-OH is 1. The Morgan fingerprint density at radius 2 is 2.09 bits per heavy atom. The van der Waals surface area contributed by atoms with Crippen LogP contribution in [0.3, 0.4) is 0 Å². The topological polar surface area (TPSA) is 49.7 Å². The van der Waals surface area contributed by atoms with Crippen LogP contribution in [0.5, 0.6) is 5.75 Å². The molecule has 4 rings (SSSR count). The van der Waals surface area contributed by atoms with Gasteiger partial charge in [0.05, 0.1) is 12.2 Å². The number of hydrogen-bond donors (Lipinski definition) is 2. The van der Waals surface area contributed by atoms with Gasteiger partial charge in [0, 0.05) is 7.11 Å². The van der Waals surface area contributed by atoms with E-state index in [0.717, 1.165) is 25.7 Å². The second kappa shape index (κ2) is 4.97. The highest BCUT2D eigenvalue weighted by molar-refractivity contribution is 5.40. The quantitative estimate of drug-likeness (QED) is 0.837. The zero-order chi connectivity index (χ0) is 15.5. The third-order valence-electron chi connectivity index (χ3n) is 6.76. The van der Waals surface area contributed by atoms with E-state index in [4.69, 9.17) is 4.74 Å². The van der Waals surface area contributed by atoms with Crippen LogP contribution in [0.1, 0.15) is 49.7 Å². The third kappa shape index (κ3) is 1.95. The van der Waals surface area contributed by atoms with Crippen molar-refractivity contribution in [2.24, 2.45) is 17.3 Å². The lowest BCUT2D eigenvalue weighted by atomic mass is 9.55. The molecule has 0 saturated heterocycles. The summed E-state index contributed by atoms with van der Waals surface area (Å²) in [6.45, 7) is 2.35. The zero-order valence-electron chi connectivity index (χ0n) is 13.5. The molecule has 3 nitrogen and oxygen atoms in total. The van der Waals surface area contributed by atoms with Gasteiger partial charge in [0.25, 0.3) is 0 Å². The van der Waals surface area contributed by atoms with Gasteiger partial charge in [0.15, 0.2) is 0 Å². The van der Waals surface area contributed by atoms with E-state index in [2.05, 4.69) is 13.0 Å². The van der Waals surface area contributed by atoms with E-state index in [0.29, 0.717) is 23.5 Å². The lowest BCUT2D eigenvalue weighted by molar-refractivity contribution is -0.0557. The van der Waals surface area contributed by atoms with E-state index in [-0.39, 0.29) is 17.6 Å². The Labute approximate surface area is 132 Å². The summed E-state index contributed by atoms with van der Waals surface area (Å²) < 4.78 is 5.72. The highest BCUT2D eigenvalue weighted by Crippen LogP contribution is 2.61. The van der Waals surface area contributed by atoms with Crippen molar-refractivity contribution in [3.8, 4) is 5.75 Å². The van der Waals surface area contributed by atoms with E-state index in [9.17, 15) is 10.2 Å². The minimum atomic E-state index is -0.319. The fraction of sp³-hybridized carbons (Fsp3) is 0.684. The van der Waals surface area contributed by atoms with Crippen molar-refractivity contribution in [3.63, 3.8) is 0 Å². The van der Waals surface area contributed by atoms with Crippen molar-refractivity contribution in [2.45, 2.75) is 57.2 Å². The van der Waals surface area contributed by atoms with Crippen molar-refractivity contribution in [1.29, 1.82) is 0 Å². The van der Waals surface area contributed by atoms with Crippen molar-refractivity contribution < 1.29 is 14.9 Å². The van der Waals surface area contributed by atoms with Crippen molar-refractivity contribution in [3.05, 3.63) is 29.3 Å². The van der Waals surface area contributed by atoms with Crippen LogP contribution in [-0.4, -0.2) is 29.5 Å². The predicted octanol–water partition coefficient (Wildman–Crippen LogP) is 3.23. The summed E-state index contributed by atoms with van der Waals surface area (Å²) in [5.41, 5.74) is 2.96. The second-order valence-electron chi connectivity index (χ2n) is 7.88. The van der Waals surface area contributed by atoms with Crippen molar-refractivity contribution >= 4 is 0 Å². The molecule has 0 amide bonds. The van der Waals surface area contributed by atoms with Gasteiger partial charge in [-0.15, -0.1) is 0 Å². The van der Waals surface area contributed by atoms with Crippen LogP contribution in [0.2, 0.25) is 0 Å². The number of aromatic hydroxyl groups is 1. The molecule has 0 aliphatic heterocycles. The summed E-state index contributed by atoms with van der Waals surface area (Å²) >= 11 is 0. The SMILES string of the molecule is CO[C@H]1[C@H]2[C@@H]3CCc4cc(O)ccc4[C@H]3CC[C@]2(C)C[C@H]1O. The molecule has 1 aromatic rings. The fourth-order valence-electron chi connectivity index (χ4n) is 5.91. The van der Waals surface area contributed by atoms with Crippen LogP contribution in [0.4, 0.5) is 0 Å². The maximum atomic E-state index is 10.4. The first kappa shape index (κ1) is 14.5.